The van der Waals surface area contributed by atoms with E-state index in [-0.39, 0.29) is 11.2 Å². The fourth-order valence-electron chi connectivity index (χ4n) is 3.76. The van der Waals surface area contributed by atoms with Gasteiger partial charge in [-0.3, -0.25) is 14.6 Å². The van der Waals surface area contributed by atoms with E-state index in [1.807, 2.05) is 6.07 Å². The minimum Gasteiger partial charge on any atom is -0.502 e. The predicted octanol–water partition coefficient (Wildman–Crippen LogP) is 1.50. The molecule has 1 aromatic carbocycles. The predicted molar refractivity (Wildman–Crippen MR) is 107 cm³/mol. The smallest absolute Gasteiger partial charge is 0.227 e. The molecule has 0 saturated carbocycles. The average Bonchev–Trinajstić information content (AvgIpc) is 2.74. The molecule has 2 aliphatic rings. The molecule has 150 valence electrons. The second kappa shape index (κ2) is 8.77. The summed E-state index contributed by atoms with van der Waals surface area (Å²) in [4.78, 5) is 19.0. The monoisotopic (exact) mass is 385 g/mol. The van der Waals surface area contributed by atoms with Crippen molar-refractivity contribution in [1.82, 2.24) is 9.80 Å². The van der Waals surface area contributed by atoms with Crippen LogP contribution < -0.4 is 10.3 Å². The molecule has 1 N–H and O–H groups in total. The Morgan fingerprint density at radius 1 is 0.893 bits per heavy atom. The quantitative estimate of drug-likeness (QED) is 0.836. The summed E-state index contributed by atoms with van der Waals surface area (Å²) in [7, 11) is 0. The second-order valence-electron chi connectivity index (χ2n) is 7.34. The molecular formula is C21H27N3O4. The molecule has 2 fully saturated rings. The van der Waals surface area contributed by atoms with E-state index in [4.69, 9.17) is 9.15 Å². The number of para-hydroxylation sites is 1. The van der Waals surface area contributed by atoms with Crippen LogP contribution in [0.25, 0.3) is 0 Å². The Morgan fingerprint density at radius 3 is 2.29 bits per heavy atom. The van der Waals surface area contributed by atoms with E-state index in [0.29, 0.717) is 37.8 Å². The van der Waals surface area contributed by atoms with E-state index in [1.54, 1.807) is 0 Å². The third kappa shape index (κ3) is 4.55. The van der Waals surface area contributed by atoms with Crippen LogP contribution in [0.3, 0.4) is 0 Å². The topological polar surface area (TPSA) is 69.4 Å². The van der Waals surface area contributed by atoms with Crippen molar-refractivity contribution in [2.24, 2.45) is 0 Å². The van der Waals surface area contributed by atoms with Crippen molar-refractivity contribution < 1.29 is 14.3 Å². The highest BCUT2D eigenvalue weighted by molar-refractivity contribution is 5.46. The third-order valence-corrected chi connectivity index (χ3v) is 5.39. The number of benzene rings is 1. The zero-order chi connectivity index (χ0) is 19.3. The number of ether oxygens (including phenoxy) is 1. The van der Waals surface area contributed by atoms with Gasteiger partial charge >= 0.3 is 0 Å². The first kappa shape index (κ1) is 19.0. The molecule has 0 amide bonds. The Hall–Kier alpha value is -2.35. The van der Waals surface area contributed by atoms with Gasteiger partial charge in [-0.25, -0.2) is 0 Å². The number of aromatic hydroxyl groups is 1. The van der Waals surface area contributed by atoms with Gasteiger partial charge in [0.1, 0.15) is 5.76 Å². The lowest BCUT2D eigenvalue weighted by atomic mass is 10.2. The molecule has 0 unspecified atom stereocenters. The minimum atomic E-state index is -0.368. The SMILES string of the molecule is O=c1cc(CN2CCN(c3ccccc3)CC2)oc(CN2CCOCC2)c1O. The van der Waals surface area contributed by atoms with Crippen molar-refractivity contribution in [2.45, 2.75) is 13.1 Å². The maximum absolute atomic E-state index is 12.2. The standard InChI is InChI=1S/C21H27N3O4/c25-19-14-18(28-20(21(19)26)16-23-10-12-27-13-11-23)15-22-6-8-24(9-7-22)17-4-2-1-3-5-17/h1-5,14,26H,6-13,15-16H2. The van der Waals surface area contributed by atoms with Gasteiger partial charge in [0.2, 0.25) is 11.2 Å². The van der Waals surface area contributed by atoms with E-state index in [2.05, 4.69) is 39.0 Å². The average molecular weight is 385 g/mol. The highest BCUT2D eigenvalue weighted by Crippen LogP contribution is 2.20. The third-order valence-electron chi connectivity index (χ3n) is 5.39. The van der Waals surface area contributed by atoms with Crippen LogP contribution in [0.15, 0.2) is 45.6 Å². The van der Waals surface area contributed by atoms with E-state index in [1.165, 1.54) is 11.8 Å². The summed E-state index contributed by atoms with van der Waals surface area (Å²) in [6, 6.07) is 11.8. The molecule has 1 aromatic heterocycles. The summed E-state index contributed by atoms with van der Waals surface area (Å²) in [6.45, 7) is 7.56. The van der Waals surface area contributed by atoms with Gasteiger partial charge in [0.15, 0.2) is 5.76 Å². The van der Waals surface area contributed by atoms with E-state index >= 15 is 0 Å². The Bertz CT molecular complexity index is 825. The second-order valence-corrected chi connectivity index (χ2v) is 7.34. The number of rotatable bonds is 5. The summed E-state index contributed by atoms with van der Waals surface area (Å²) in [6.07, 6.45) is 0. The number of morpholine rings is 1. The van der Waals surface area contributed by atoms with Gasteiger partial charge in [0.05, 0.1) is 26.3 Å². The molecule has 7 heteroatoms. The zero-order valence-electron chi connectivity index (χ0n) is 16.0. The summed E-state index contributed by atoms with van der Waals surface area (Å²) >= 11 is 0. The lowest BCUT2D eigenvalue weighted by Gasteiger charge is -2.35. The van der Waals surface area contributed by atoms with Gasteiger partial charge in [-0.1, -0.05) is 18.2 Å². The first-order valence-corrected chi connectivity index (χ1v) is 9.86. The molecule has 0 bridgehead atoms. The van der Waals surface area contributed by atoms with Crippen LogP contribution in [-0.2, 0) is 17.8 Å². The van der Waals surface area contributed by atoms with Crippen LogP contribution >= 0.6 is 0 Å². The molecule has 2 saturated heterocycles. The van der Waals surface area contributed by atoms with E-state index < -0.39 is 0 Å². The van der Waals surface area contributed by atoms with Crippen molar-refractivity contribution in [2.75, 3.05) is 57.4 Å². The van der Waals surface area contributed by atoms with Gasteiger partial charge in [0, 0.05) is 51.0 Å². The van der Waals surface area contributed by atoms with Crippen molar-refractivity contribution in [3.8, 4) is 5.75 Å². The maximum atomic E-state index is 12.2. The summed E-state index contributed by atoms with van der Waals surface area (Å²) in [5, 5.41) is 10.1. The van der Waals surface area contributed by atoms with Crippen LogP contribution in [0.1, 0.15) is 11.5 Å². The highest BCUT2D eigenvalue weighted by atomic mass is 16.5. The number of anilines is 1. The maximum Gasteiger partial charge on any atom is 0.227 e. The minimum absolute atomic E-state index is 0.274. The molecular weight excluding hydrogens is 358 g/mol. The Labute approximate surface area is 164 Å². The highest BCUT2D eigenvalue weighted by Gasteiger charge is 2.21. The first-order valence-electron chi connectivity index (χ1n) is 9.86. The van der Waals surface area contributed by atoms with E-state index in [9.17, 15) is 9.90 Å². The fraction of sp³-hybridized carbons (Fsp3) is 0.476. The lowest BCUT2D eigenvalue weighted by molar-refractivity contribution is 0.0301. The summed E-state index contributed by atoms with van der Waals surface area (Å²) in [5.74, 6) is 0.690. The van der Waals surface area contributed by atoms with Crippen LogP contribution in [0.2, 0.25) is 0 Å². The Kier molecular flexibility index (Phi) is 5.95. The molecule has 0 aliphatic carbocycles. The molecule has 3 heterocycles. The van der Waals surface area contributed by atoms with Crippen molar-refractivity contribution in [1.29, 1.82) is 0 Å². The van der Waals surface area contributed by atoms with Crippen LogP contribution in [0, 0.1) is 0 Å². The van der Waals surface area contributed by atoms with E-state index in [0.717, 1.165) is 39.3 Å². The summed E-state index contributed by atoms with van der Waals surface area (Å²) < 4.78 is 11.3. The number of hydrogen-bond acceptors (Lipinski definition) is 7. The first-order chi connectivity index (χ1) is 13.7. The molecule has 0 spiro atoms. The van der Waals surface area contributed by atoms with Crippen molar-refractivity contribution >= 4 is 5.69 Å². The molecule has 7 nitrogen and oxygen atoms in total. The largest absolute Gasteiger partial charge is 0.502 e. The molecule has 0 radical (unpaired) electrons. The van der Waals surface area contributed by atoms with Crippen LogP contribution in [0.5, 0.6) is 5.75 Å². The Morgan fingerprint density at radius 2 is 1.57 bits per heavy atom. The summed E-state index contributed by atoms with van der Waals surface area (Å²) in [5.41, 5.74) is 0.874. The lowest BCUT2D eigenvalue weighted by Crippen LogP contribution is -2.46. The normalized spacial score (nSPS) is 19.1. The van der Waals surface area contributed by atoms with Gasteiger partial charge in [0.25, 0.3) is 0 Å². The molecule has 2 aromatic rings. The number of nitrogens with zero attached hydrogens (tertiary/aromatic N) is 3. The van der Waals surface area contributed by atoms with Crippen LogP contribution in [-0.4, -0.2) is 67.4 Å². The molecule has 28 heavy (non-hydrogen) atoms. The van der Waals surface area contributed by atoms with Crippen molar-refractivity contribution in [3.05, 3.63) is 58.1 Å². The molecule has 2 aliphatic heterocycles. The van der Waals surface area contributed by atoms with Gasteiger partial charge in [-0.2, -0.15) is 0 Å². The van der Waals surface area contributed by atoms with Gasteiger partial charge in [-0.15, -0.1) is 0 Å². The van der Waals surface area contributed by atoms with Crippen molar-refractivity contribution in [3.63, 3.8) is 0 Å². The van der Waals surface area contributed by atoms with Gasteiger partial charge in [-0.05, 0) is 12.1 Å². The van der Waals surface area contributed by atoms with Crippen LogP contribution in [0.4, 0.5) is 5.69 Å². The Balaban J connectivity index is 1.39. The number of piperazine rings is 1. The molecule has 4 rings (SSSR count). The molecule has 0 atom stereocenters. The zero-order valence-corrected chi connectivity index (χ0v) is 16.0. The number of hydrogen-bond donors (Lipinski definition) is 1. The fourth-order valence-corrected chi connectivity index (χ4v) is 3.76. The van der Waals surface area contributed by atoms with Gasteiger partial charge < -0.3 is 19.2 Å².